The highest BCUT2D eigenvalue weighted by atomic mass is 35.5. The maximum Gasteiger partial charge on any atom is 0.225 e. The molecule has 1 aliphatic heterocycles. The van der Waals surface area contributed by atoms with Crippen molar-refractivity contribution in [3.8, 4) is 0 Å². The van der Waals surface area contributed by atoms with Crippen LogP contribution in [0.1, 0.15) is 25.6 Å². The number of aromatic nitrogens is 2. The molecule has 6 heteroatoms. The molecule has 1 aliphatic rings. The summed E-state index contributed by atoms with van der Waals surface area (Å²) >= 11 is 7.86. The molecule has 4 nitrogen and oxygen atoms in total. The maximum absolute atomic E-state index is 6.14. The predicted octanol–water partition coefficient (Wildman–Crippen LogP) is 3.44. The van der Waals surface area contributed by atoms with Crippen molar-refractivity contribution in [1.82, 2.24) is 14.9 Å². The van der Waals surface area contributed by atoms with E-state index in [-0.39, 0.29) is 0 Å². The molecule has 0 amide bonds. The molecule has 0 spiro atoms. The number of hydrogen-bond donors (Lipinski definition) is 0. The van der Waals surface area contributed by atoms with E-state index in [4.69, 9.17) is 11.6 Å². The fourth-order valence-corrected chi connectivity index (χ4v) is 4.10. The first-order valence-corrected chi connectivity index (χ1v) is 8.62. The molecular weight excluding hydrogens is 304 g/mol. The molecule has 114 valence electrons. The van der Waals surface area contributed by atoms with Crippen molar-refractivity contribution >= 4 is 39.0 Å². The van der Waals surface area contributed by atoms with Crippen LogP contribution in [0.25, 0.3) is 10.2 Å². The van der Waals surface area contributed by atoms with Crippen molar-refractivity contribution in [1.29, 1.82) is 0 Å². The summed E-state index contributed by atoms with van der Waals surface area (Å²) in [6, 6.07) is 3.22. The van der Waals surface area contributed by atoms with Crippen molar-refractivity contribution < 1.29 is 0 Å². The van der Waals surface area contributed by atoms with E-state index in [2.05, 4.69) is 53.7 Å². The van der Waals surface area contributed by atoms with Crippen LogP contribution in [0.3, 0.4) is 0 Å². The van der Waals surface area contributed by atoms with Gasteiger partial charge in [-0.25, -0.2) is 4.98 Å². The van der Waals surface area contributed by atoms with Crippen molar-refractivity contribution in [2.45, 2.75) is 39.3 Å². The number of anilines is 1. The summed E-state index contributed by atoms with van der Waals surface area (Å²) in [5, 5.41) is 1.49. The summed E-state index contributed by atoms with van der Waals surface area (Å²) in [4.78, 5) is 16.0. The second-order valence-electron chi connectivity index (χ2n) is 5.87. The van der Waals surface area contributed by atoms with Crippen molar-refractivity contribution in [3.05, 3.63) is 16.2 Å². The molecule has 0 bridgehead atoms. The zero-order chi connectivity index (χ0) is 15.1. The summed E-state index contributed by atoms with van der Waals surface area (Å²) in [5.74, 6) is 0.993. The minimum absolute atomic E-state index is 0.348. The van der Waals surface area contributed by atoms with E-state index in [1.807, 2.05) is 0 Å². The Morgan fingerprint density at radius 3 is 2.57 bits per heavy atom. The number of halogens is 1. The predicted molar refractivity (Wildman–Crippen MR) is 90.7 cm³/mol. The van der Waals surface area contributed by atoms with Crippen LogP contribution >= 0.6 is 22.9 Å². The molecule has 2 aromatic heterocycles. The lowest BCUT2D eigenvalue weighted by Crippen LogP contribution is -2.55. The highest BCUT2D eigenvalue weighted by Crippen LogP contribution is 2.33. The van der Waals surface area contributed by atoms with Crippen LogP contribution in [0.5, 0.6) is 0 Å². The average molecular weight is 325 g/mol. The normalized spacial score (nSPS) is 24.0. The minimum Gasteiger partial charge on any atom is -0.353 e. The maximum atomic E-state index is 6.14. The lowest BCUT2D eigenvalue weighted by Gasteiger charge is -2.43. The van der Waals surface area contributed by atoms with Gasteiger partial charge in [-0.15, -0.1) is 11.3 Å². The van der Waals surface area contributed by atoms with Gasteiger partial charge in [-0.1, -0.05) is 6.92 Å². The van der Waals surface area contributed by atoms with Gasteiger partial charge in [0, 0.05) is 30.1 Å². The van der Waals surface area contributed by atoms with Crippen LogP contribution in [-0.2, 0) is 6.42 Å². The molecule has 21 heavy (non-hydrogen) atoms. The van der Waals surface area contributed by atoms with Crippen LogP contribution in [0, 0.1) is 0 Å². The van der Waals surface area contributed by atoms with Gasteiger partial charge in [-0.2, -0.15) is 4.98 Å². The molecule has 2 unspecified atom stereocenters. The third kappa shape index (κ3) is 2.74. The number of rotatable bonds is 2. The van der Waals surface area contributed by atoms with Gasteiger partial charge >= 0.3 is 0 Å². The smallest absolute Gasteiger partial charge is 0.225 e. The van der Waals surface area contributed by atoms with E-state index in [9.17, 15) is 0 Å². The second kappa shape index (κ2) is 5.71. The van der Waals surface area contributed by atoms with Gasteiger partial charge in [0.25, 0.3) is 0 Å². The molecule has 3 rings (SSSR count). The second-order valence-corrected chi connectivity index (χ2v) is 7.32. The minimum atomic E-state index is 0.348. The number of fused-ring (bicyclic) bond motifs is 1. The van der Waals surface area contributed by atoms with Crippen LogP contribution in [0.4, 0.5) is 5.82 Å². The van der Waals surface area contributed by atoms with Gasteiger partial charge in [0.2, 0.25) is 5.28 Å². The van der Waals surface area contributed by atoms with Crippen LogP contribution in [-0.4, -0.2) is 47.1 Å². The lowest BCUT2D eigenvalue weighted by atomic mass is 10.1. The number of likely N-dealkylation sites (N-methyl/N-ethyl adjacent to an activating group) is 1. The van der Waals surface area contributed by atoms with Crippen LogP contribution < -0.4 is 4.90 Å². The van der Waals surface area contributed by atoms with Crippen LogP contribution in [0.15, 0.2) is 6.07 Å². The van der Waals surface area contributed by atoms with E-state index < -0.39 is 0 Å². The van der Waals surface area contributed by atoms with Crippen molar-refractivity contribution in [3.63, 3.8) is 0 Å². The Hall–Kier alpha value is -0.910. The summed E-state index contributed by atoms with van der Waals surface area (Å²) < 4.78 is 0. The number of aryl methyl sites for hydroxylation is 1. The molecule has 0 N–H and O–H groups in total. The Labute approximate surface area is 134 Å². The van der Waals surface area contributed by atoms with E-state index >= 15 is 0 Å². The molecule has 0 aliphatic carbocycles. The number of hydrogen-bond acceptors (Lipinski definition) is 5. The van der Waals surface area contributed by atoms with Crippen molar-refractivity contribution in [2.24, 2.45) is 0 Å². The van der Waals surface area contributed by atoms with Gasteiger partial charge in [0.05, 0.1) is 5.39 Å². The van der Waals surface area contributed by atoms with Crippen molar-refractivity contribution in [2.75, 3.05) is 25.0 Å². The summed E-state index contributed by atoms with van der Waals surface area (Å²) in [6.07, 6.45) is 1.02. The number of nitrogens with zero attached hydrogens (tertiary/aromatic N) is 4. The summed E-state index contributed by atoms with van der Waals surface area (Å²) in [6.45, 7) is 8.63. The summed E-state index contributed by atoms with van der Waals surface area (Å²) in [5.41, 5.74) is 0. The van der Waals surface area contributed by atoms with Crippen LogP contribution in [0.2, 0.25) is 5.28 Å². The Morgan fingerprint density at radius 2 is 1.95 bits per heavy atom. The fraction of sp³-hybridized carbons (Fsp3) is 0.600. The third-order valence-electron chi connectivity index (χ3n) is 4.40. The van der Waals surface area contributed by atoms with E-state index in [0.717, 1.165) is 35.5 Å². The Balaban J connectivity index is 2.05. The lowest BCUT2D eigenvalue weighted by molar-refractivity contribution is 0.170. The van der Waals surface area contributed by atoms with Gasteiger partial charge in [0.15, 0.2) is 0 Å². The summed E-state index contributed by atoms with van der Waals surface area (Å²) in [7, 11) is 2.19. The molecule has 0 radical (unpaired) electrons. The molecular formula is C15H21ClN4S. The van der Waals surface area contributed by atoms with E-state index in [0.29, 0.717) is 17.4 Å². The molecule has 1 saturated heterocycles. The molecule has 3 heterocycles. The SMILES string of the molecule is CCc1cc2c(N3CC(C)N(C)C(C)C3)nc(Cl)nc2s1. The van der Waals surface area contributed by atoms with Gasteiger partial charge in [-0.05, 0) is 45.0 Å². The molecule has 1 fully saturated rings. The van der Waals surface area contributed by atoms with Gasteiger partial charge in [-0.3, -0.25) is 4.90 Å². The molecule has 2 aromatic rings. The Bertz CT molecular complexity index is 644. The van der Waals surface area contributed by atoms with E-state index in [1.165, 1.54) is 4.88 Å². The first-order valence-electron chi connectivity index (χ1n) is 7.42. The molecule has 2 atom stereocenters. The Morgan fingerprint density at radius 1 is 1.29 bits per heavy atom. The number of thiophene rings is 1. The fourth-order valence-electron chi connectivity index (χ4n) is 2.92. The highest BCUT2D eigenvalue weighted by Gasteiger charge is 2.28. The first-order chi connectivity index (χ1) is 9.99. The monoisotopic (exact) mass is 324 g/mol. The first kappa shape index (κ1) is 15.0. The zero-order valence-corrected chi connectivity index (χ0v) is 14.5. The van der Waals surface area contributed by atoms with Gasteiger partial charge < -0.3 is 4.90 Å². The third-order valence-corrected chi connectivity index (χ3v) is 5.75. The topological polar surface area (TPSA) is 32.3 Å². The van der Waals surface area contributed by atoms with E-state index in [1.54, 1.807) is 11.3 Å². The average Bonchev–Trinajstić information content (AvgIpc) is 2.86. The van der Waals surface area contributed by atoms with Gasteiger partial charge in [0.1, 0.15) is 10.6 Å². The highest BCUT2D eigenvalue weighted by molar-refractivity contribution is 7.18. The molecule has 0 aromatic carbocycles. The Kier molecular flexibility index (Phi) is 4.08. The number of piperazine rings is 1. The quantitative estimate of drug-likeness (QED) is 0.792. The standard InChI is InChI=1S/C15H21ClN4S/c1-5-11-6-12-13(17-15(16)18-14(12)21-11)20-7-9(2)19(4)10(3)8-20/h6,9-10H,5,7-8H2,1-4H3. The largest absolute Gasteiger partial charge is 0.353 e. The molecule has 0 saturated carbocycles. The zero-order valence-electron chi connectivity index (χ0n) is 12.9.